The Hall–Kier alpha value is -3.98. The fourth-order valence-electron chi connectivity index (χ4n) is 2.97. The minimum absolute atomic E-state index is 0.113. The second kappa shape index (κ2) is 9.23. The van der Waals surface area contributed by atoms with Crippen LogP contribution in [-0.4, -0.2) is 15.8 Å². The van der Waals surface area contributed by atoms with Gasteiger partial charge in [-0.15, -0.1) is 0 Å². The number of hydrogen-bond acceptors (Lipinski definition) is 6. The van der Waals surface area contributed by atoms with Gasteiger partial charge in [0.2, 0.25) is 0 Å². The topological polar surface area (TPSA) is 127 Å². The zero-order valence-electron chi connectivity index (χ0n) is 16.2. The molecule has 0 spiro atoms. The minimum atomic E-state index is -0.781. The van der Waals surface area contributed by atoms with Gasteiger partial charge in [-0.25, -0.2) is 0 Å². The van der Waals surface area contributed by atoms with Gasteiger partial charge in [-0.2, -0.15) is 0 Å². The Morgan fingerprint density at radius 1 is 0.968 bits per heavy atom. The van der Waals surface area contributed by atoms with E-state index in [-0.39, 0.29) is 11.3 Å². The zero-order valence-corrected chi connectivity index (χ0v) is 17.0. The van der Waals surface area contributed by atoms with Crippen molar-refractivity contribution in [1.82, 2.24) is 0 Å². The van der Waals surface area contributed by atoms with Gasteiger partial charge in [-0.05, 0) is 36.8 Å². The summed E-state index contributed by atoms with van der Waals surface area (Å²) in [6, 6.07) is 16.7. The van der Waals surface area contributed by atoms with Crippen molar-refractivity contribution in [3.63, 3.8) is 0 Å². The molecule has 1 amide bonds. The third-order valence-corrected chi connectivity index (χ3v) is 4.77. The monoisotopic (exact) mass is 440 g/mol. The van der Waals surface area contributed by atoms with Gasteiger partial charge in [-0.3, -0.25) is 25.0 Å². The number of nitrogens with zero attached hydrogens (tertiary/aromatic N) is 2. The van der Waals surface area contributed by atoms with Crippen LogP contribution in [0.4, 0.5) is 22.7 Å². The summed E-state index contributed by atoms with van der Waals surface area (Å²) in [5.41, 5.74) is -0.272. The molecule has 0 saturated heterocycles. The molecule has 0 aromatic heterocycles. The predicted molar refractivity (Wildman–Crippen MR) is 118 cm³/mol. The largest absolute Gasteiger partial charge is 0.372 e. The van der Waals surface area contributed by atoms with Gasteiger partial charge in [0.15, 0.2) is 0 Å². The maximum Gasteiger partial charge on any atom is 0.300 e. The van der Waals surface area contributed by atoms with Gasteiger partial charge >= 0.3 is 0 Å². The third kappa shape index (κ3) is 5.14. The molecule has 10 heteroatoms. The van der Waals surface area contributed by atoms with Crippen LogP contribution in [0.2, 0.25) is 5.02 Å². The lowest BCUT2D eigenvalue weighted by Crippen LogP contribution is -2.18. The molecule has 0 aliphatic heterocycles. The van der Waals surface area contributed by atoms with E-state index in [1.54, 1.807) is 31.2 Å². The summed E-state index contributed by atoms with van der Waals surface area (Å²) in [7, 11) is 0. The number of benzene rings is 3. The molecule has 2 N–H and O–H groups in total. The summed E-state index contributed by atoms with van der Waals surface area (Å²) in [6.07, 6.45) is 0. The summed E-state index contributed by atoms with van der Waals surface area (Å²) in [6.45, 7) is 1.77. The Kier molecular flexibility index (Phi) is 6.46. The molecular weight excluding hydrogens is 424 g/mol. The number of nitro groups is 2. The molecule has 3 aromatic rings. The molecule has 31 heavy (non-hydrogen) atoms. The Bertz CT molecular complexity index is 1140. The summed E-state index contributed by atoms with van der Waals surface area (Å²) < 4.78 is 0. The van der Waals surface area contributed by atoms with E-state index in [0.29, 0.717) is 10.7 Å². The van der Waals surface area contributed by atoms with Crippen LogP contribution in [0.5, 0.6) is 0 Å². The first-order chi connectivity index (χ1) is 14.8. The number of carbonyl (C=O) groups excluding carboxylic acids is 1. The van der Waals surface area contributed by atoms with Crippen LogP contribution < -0.4 is 10.6 Å². The second-order valence-corrected chi connectivity index (χ2v) is 7.08. The van der Waals surface area contributed by atoms with Crippen LogP contribution >= 0.6 is 11.6 Å². The van der Waals surface area contributed by atoms with Crippen molar-refractivity contribution < 1.29 is 14.6 Å². The predicted octanol–water partition coefficient (Wildman–Crippen LogP) is 5.58. The minimum Gasteiger partial charge on any atom is -0.372 e. The first-order valence-electron chi connectivity index (χ1n) is 9.11. The van der Waals surface area contributed by atoms with Crippen LogP contribution in [0.15, 0.2) is 66.7 Å². The maximum absolute atomic E-state index is 13.0. The summed E-state index contributed by atoms with van der Waals surface area (Å²) in [5.74, 6) is -0.739. The molecule has 1 atom stereocenters. The van der Waals surface area contributed by atoms with E-state index >= 15 is 0 Å². The molecular formula is C21H17ClN4O5. The molecule has 0 aliphatic carbocycles. The lowest BCUT2D eigenvalue weighted by atomic mass is 10.0. The number of hydrogen-bond donors (Lipinski definition) is 2. The zero-order chi connectivity index (χ0) is 22.5. The molecule has 0 fully saturated rings. The van der Waals surface area contributed by atoms with E-state index in [2.05, 4.69) is 10.6 Å². The Morgan fingerprint density at radius 3 is 2.19 bits per heavy atom. The standard InChI is InChI=1S/C21H17ClN4O5/c1-13(14-5-3-2-4-6-14)23-20-18(11-17(25(28)29)12-19(20)26(30)31)21(27)24-16-9-7-15(22)8-10-16/h2-13,23H,1H3,(H,24,27)/t13-/m1/s1. The van der Waals surface area contributed by atoms with Crippen LogP contribution in [0, 0.1) is 20.2 Å². The number of amides is 1. The normalized spacial score (nSPS) is 11.4. The molecule has 9 nitrogen and oxygen atoms in total. The first-order valence-corrected chi connectivity index (χ1v) is 9.49. The maximum atomic E-state index is 13.0. The van der Waals surface area contributed by atoms with Gasteiger partial charge in [0, 0.05) is 22.8 Å². The average molecular weight is 441 g/mol. The van der Waals surface area contributed by atoms with Gasteiger partial charge < -0.3 is 10.6 Å². The molecule has 158 valence electrons. The summed E-state index contributed by atoms with van der Waals surface area (Å²) >= 11 is 5.84. The SMILES string of the molecule is C[C@@H](Nc1c(C(=O)Nc2ccc(Cl)cc2)cc([N+](=O)[O-])cc1[N+](=O)[O-])c1ccccc1. The van der Waals surface area contributed by atoms with Crippen LogP contribution in [-0.2, 0) is 0 Å². The molecule has 3 rings (SSSR count). The number of carbonyl (C=O) groups is 1. The van der Waals surface area contributed by atoms with E-state index in [0.717, 1.165) is 17.7 Å². The molecule has 0 radical (unpaired) electrons. The lowest BCUT2D eigenvalue weighted by molar-refractivity contribution is -0.393. The van der Waals surface area contributed by atoms with Crippen LogP contribution in [0.1, 0.15) is 28.9 Å². The van der Waals surface area contributed by atoms with E-state index in [1.165, 1.54) is 0 Å². The fourth-order valence-corrected chi connectivity index (χ4v) is 3.09. The molecule has 3 aromatic carbocycles. The number of halogens is 1. The second-order valence-electron chi connectivity index (χ2n) is 6.64. The number of nitro benzene ring substituents is 2. The number of nitrogens with one attached hydrogen (secondary N) is 2. The quantitative estimate of drug-likeness (QED) is 0.364. The Morgan fingerprint density at radius 2 is 1.61 bits per heavy atom. The Labute approximate surface area is 182 Å². The lowest BCUT2D eigenvalue weighted by Gasteiger charge is -2.18. The highest BCUT2D eigenvalue weighted by atomic mass is 35.5. The molecule has 0 bridgehead atoms. The number of rotatable bonds is 7. The fraction of sp³-hybridized carbons (Fsp3) is 0.0952. The highest BCUT2D eigenvalue weighted by Gasteiger charge is 2.28. The van der Waals surface area contributed by atoms with Crippen molar-refractivity contribution >= 4 is 40.3 Å². The van der Waals surface area contributed by atoms with Gasteiger partial charge in [0.1, 0.15) is 5.69 Å². The number of non-ortho nitro benzene ring substituents is 1. The van der Waals surface area contributed by atoms with Crippen LogP contribution in [0.3, 0.4) is 0 Å². The first kappa shape index (κ1) is 21.7. The Balaban J connectivity index is 2.07. The van der Waals surface area contributed by atoms with Crippen molar-refractivity contribution in [3.8, 4) is 0 Å². The van der Waals surface area contributed by atoms with Gasteiger partial charge in [0.05, 0.1) is 21.5 Å². The van der Waals surface area contributed by atoms with Crippen molar-refractivity contribution in [2.24, 2.45) is 0 Å². The molecule has 0 unspecified atom stereocenters. The highest BCUT2D eigenvalue weighted by Crippen LogP contribution is 2.36. The third-order valence-electron chi connectivity index (χ3n) is 4.52. The van der Waals surface area contributed by atoms with Crippen molar-refractivity contribution in [3.05, 3.63) is 103 Å². The molecule has 0 aliphatic rings. The van der Waals surface area contributed by atoms with Crippen molar-refractivity contribution in [2.75, 3.05) is 10.6 Å². The van der Waals surface area contributed by atoms with Crippen LogP contribution in [0.25, 0.3) is 0 Å². The summed E-state index contributed by atoms with van der Waals surface area (Å²) in [4.78, 5) is 34.4. The van der Waals surface area contributed by atoms with E-state index in [1.807, 2.05) is 30.3 Å². The van der Waals surface area contributed by atoms with E-state index in [4.69, 9.17) is 11.6 Å². The smallest absolute Gasteiger partial charge is 0.300 e. The van der Waals surface area contributed by atoms with E-state index in [9.17, 15) is 25.0 Å². The van der Waals surface area contributed by atoms with Crippen molar-refractivity contribution in [2.45, 2.75) is 13.0 Å². The summed E-state index contributed by atoms with van der Waals surface area (Å²) in [5, 5.41) is 29.0. The van der Waals surface area contributed by atoms with Gasteiger partial charge in [0.25, 0.3) is 17.3 Å². The molecule has 0 heterocycles. The van der Waals surface area contributed by atoms with Crippen molar-refractivity contribution in [1.29, 1.82) is 0 Å². The average Bonchev–Trinajstić information content (AvgIpc) is 2.75. The van der Waals surface area contributed by atoms with Gasteiger partial charge in [-0.1, -0.05) is 41.9 Å². The highest BCUT2D eigenvalue weighted by molar-refractivity contribution is 6.30. The molecule has 0 saturated carbocycles. The number of anilines is 2. The van der Waals surface area contributed by atoms with E-state index < -0.39 is 33.2 Å².